The van der Waals surface area contributed by atoms with Crippen molar-refractivity contribution in [1.29, 1.82) is 0 Å². The highest BCUT2D eigenvalue weighted by atomic mass is 35.5. The Morgan fingerprint density at radius 2 is 2.00 bits per heavy atom. The highest BCUT2D eigenvalue weighted by Crippen LogP contribution is 2.17. The third kappa shape index (κ3) is 4.93. The summed E-state index contributed by atoms with van der Waals surface area (Å²) in [5.41, 5.74) is 0.885. The van der Waals surface area contributed by atoms with Gasteiger partial charge in [0, 0.05) is 6.54 Å². The average molecular weight is 349 g/mol. The summed E-state index contributed by atoms with van der Waals surface area (Å²) in [6.07, 6.45) is 0. The summed E-state index contributed by atoms with van der Waals surface area (Å²) in [5, 5.41) is 2.07. The van der Waals surface area contributed by atoms with Gasteiger partial charge in [0.2, 0.25) is 5.91 Å². The van der Waals surface area contributed by atoms with Gasteiger partial charge in [0.1, 0.15) is 5.82 Å². The van der Waals surface area contributed by atoms with Crippen molar-refractivity contribution < 1.29 is 17.6 Å². The van der Waals surface area contributed by atoms with Crippen molar-refractivity contribution >= 4 is 27.3 Å². The van der Waals surface area contributed by atoms with Gasteiger partial charge in [0.15, 0.2) is 9.84 Å². The molecule has 0 aromatic heterocycles. The number of nitrogens with zero attached hydrogens (tertiary/aromatic N) is 1. The van der Waals surface area contributed by atoms with Crippen molar-refractivity contribution in [1.82, 2.24) is 10.2 Å². The van der Waals surface area contributed by atoms with Crippen LogP contribution in [0.5, 0.6) is 0 Å². The van der Waals surface area contributed by atoms with Crippen LogP contribution in [0.15, 0.2) is 24.3 Å². The molecule has 1 aliphatic heterocycles. The van der Waals surface area contributed by atoms with Gasteiger partial charge in [-0.25, -0.2) is 12.8 Å². The number of carbonyl (C=O) groups excluding carboxylic acids is 1. The highest BCUT2D eigenvalue weighted by Gasteiger charge is 2.37. The summed E-state index contributed by atoms with van der Waals surface area (Å²) in [5.74, 6) is -0.809. The number of carbonyl (C=O) groups is 1. The first-order valence-electron chi connectivity index (χ1n) is 6.82. The van der Waals surface area contributed by atoms with E-state index in [9.17, 15) is 17.6 Å². The maximum absolute atomic E-state index is 12.8. The zero-order chi connectivity index (χ0) is 16.3. The predicted molar refractivity (Wildman–Crippen MR) is 83.0 cm³/mol. The fourth-order valence-corrected chi connectivity index (χ4v) is 4.94. The number of amides is 1. The number of sulfone groups is 1. The Labute approximate surface area is 134 Å². The molecule has 0 unspecified atom stereocenters. The molecule has 22 heavy (non-hydrogen) atoms. The summed E-state index contributed by atoms with van der Waals surface area (Å²) in [4.78, 5) is 13.7. The molecular weight excluding hydrogens is 331 g/mol. The third-order valence-corrected chi connectivity index (χ3v) is 5.78. The molecule has 1 aromatic rings. The van der Waals surface area contributed by atoms with Gasteiger partial charge in [-0.15, -0.1) is 11.6 Å². The van der Waals surface area contributed by atoms with Crippen molar-refractivity contribution in [2.75, 3.05) is 25.1 Å². The summed E-state index contributed by atoms with van der Waals surface area (Å²) in [7, 11) is -1.41. The first-order chi connectivity index (χ1) is 10.2. The minimum absolute atomic E-state index is 0.106. The standard InChI is InChI=1S/C14H18ClFN2O3S/c1-18(6-10-2-4-11(16)5-3-10)7-14(19)17-13-9-22(20,21)8-12(13)15/h2-5,12-13H,6-9H2,1H3,(H,17,19)/t12-,13-/m0/s1. The number of hydrogen-bond acceptors (Lipinski definition) is 4. The van der Waals surface area contributed by atoms with Crippen LogP contribution in [-0.2, 0) is 21.2 Å². The van der Waals surface area contributed by atoms with Gasteiger partial charge >= 0.3 is 0 Å². The van der Waals surface area contributed by atoms with E-state index >= 15 is 0 Å². The van der Waals surface area contributed by atoms with Gasteiger partial charge in [-0.2, -0.15) is 0 Å². The number of likely N-dealkylation sites (N-methyl/N-ethyl adjacent to an activating group) is 1. The smallest absolute Gasteiger partial charge is 0.234 e. The van der Waals surface area contributed by atoms with Crippen LogP contribution >= 0.6 is 11.6 Å². The monoisotopic (exact) mass is 348 g/mol. The van der Waals surface area contributed by atoms with Gasteiger partial charge < -0.3 is 5.32 Å². The Bertz CT molecular complexity index is 636. The minimum atomic E-state index is -3.17. The highest BCUT2D eigenvalue weighted by molar-refractivity contribution is 7.91. The molecule has 1 heterocycles. The minimum Gasteiger partial charge on any atom is -0.350 e. The maximum Gasteiger partial charge on any atom is 0.234 e. The number of nitrogens with one attached hydrogen (secondary N) is 1. The van der Waals surface area contributed by atoms with Crippen LogP contribution in [0.3, 0.4) is 0 Å². The number of benzene rings is 1. The molecule has 0 saturated carbocycles. The summed E-state index contributed by atoms with van der Waals surface area (Å²) >= 11 is 5.94. The molecule has 0 aliphatic carbocycles. The van der Waals surface area contributed by atoms with E-state index in [0.29, 0.717) is 6.54 Å². The summed E-state index contributed by atoms with van der Waals surface area (Å²) in [6.45, 7) is 0.596. The molecule has 8 heteroatoms. The third-order valence-electron chi connectivity index (χ3n) is 3.41. The Morgan fingerprint density at radius 3 is 2.55 bits per heavy atom. The lowest BCUT2D eigenvalue weighted by Gasteiger charge is -2.19. The lowest BCUT2D eigenvalue weighted by Crippen LogP contribution is -2.44. The molecule has 2 atom stereocenters. The molecule has 0 bridgehead atoms. The number of alkyl halides is 1. The van der Waals surface area contributed by atoms with Crippen LogP contribution in [0.2, 0.25) is 0 Å². The molecule has 1 saturated heterocycles. The van der Waals surface area contributed by atoms with Crippen molar-refractivity contribution in [3.63, 3.8) is 0 Å². The summed E-state index contributed by atoms with van der Waals surface area (Å²) < 4.78 is 35.7. The Morgan fingerprint density at radius 1 is 1.36 bits per heavy atom. The zero-order valence-corrected chi connectivity index (χ0v) is 13.7. The van der Waals surface area contributed by atoms with Gasteiger partial charge in [-0.1, -0.05) is 12.1 Å². The van der Waals surface area contributed by atoms with Crippen LogP contribution in [0, 0.1) is 5.82 Å². The van der Waals surface area contributed by atoms with E-state index in [0.717, 1.165) is 5.56 Å². The van der Waals surface area contributed by atoms with Crippen LogP contribution < -0.4 is 5.32 Å². The fraction of sp³-hybridized carbons (Fsp3) is 0.500. The van der Waals surface area contributed by atoms with Crippen molar-refractivity contribution in [3.05, 3.63) is 35.6 Å². The van der Waals surface area contributed by atoms with Gasteiger partial charge in [0.25, 0.3) is 0 Å². The quantitative estimate of drug-likeness (QED) is 0.798. The molecule has 0 spiro atoms. The first-order valence-corrected chi connectivity index (χ1v) is 9.08. The molecule has 2 rings (SSSR count). The second-order valence-electron chi connectivity index (χ2n) is 5.57. The average Bonchev–Trinajstić information content (AvgIpc) is 2.64. The van der Waals surface area contributed by atoms with E-state index in [1.54, 1.807) is 24.1 Å². The lowest BCUT2D eigenvalue weighted by atomic mass is 10.2. The van der Waals surface area contributed by atoms with E-state index in [2.05, 4.69) is 5.32 Å². The second-order valence-corrected chi connectivity index (χ2v) is 8.28. The largest absolute Gasteiger partial charge is 0.350 e. The van der Waals surface area contributed by atoms with E-state index in [1.165, 1.54) is 12.1 Å². The molecule has 1 N–H and O–H groups in total. The van der Waals surface area contributed by atoms with Gasteiger partial charge in [0.05, 0.1) is 29.5 Å². The molecular formula is C14H18ClFN2O3S. The van der Waals surface area contributed by atoms with Crippen LogP contribution in [0.4, 0.5) is 4.39 Å². The van der Waals surface area contributed by atoms with Crippen molar-refractivity contribution in [2.45, 2.75) is 18.0 Å². The number of hydrogen-bond donors (Lipinski definition) is 1. The fourth-order valence-electron chi connectivity index (χ4n) is 2.39. The van der Waals surface area contributed by atoms with E-state index in [4.69, 9.17) is 11.6 Å². The molecule has 1 aromatic carbocycles. The topological polar surface area (TPSA) is 66.5 Å². The Kier molecular flexibility index (Phi) is 5.41. The van der Waals surface area contributed by atoms with Crippen LogP contribution in [0.25, 0.3) is 0 Å². The van der Waals surface area contributed by atoms with Gasteiger partial charge in [-0.05, 0) is 24.7 Å². The summed E-state index contributed by atoms with van der Waals surface area (Å²) in [6, 6.07) is 5.50. The SMILES string of the molecule is CN(CC(=O)N[C@H]1CS(=O)(=O)C[C@@H]1Cl)Cc1ccc(F)cc1. The van der Waals surface area contributed by atoms with Crippen LogP contribution in [0.1, 0.15) is 5.56 Å². The van der Waals surface area contributed by atoms with Crippen LogP contribution in [-0.4, -0.2) is 55.7 Å². The molecule has 1 fully saturated rings. The van der Waals surface area contributed by atoms with E-state index in [1.807, 2.05) is 0 Å². The van der Waals surface area contributed by atoms with E-state index < -0.39 is 21.3 Å². The maximum atomic E-state index is 12.8. The Balaban J connectivity index is 1.83. The van der Waals surface area contributed by atoms with Gasteiger partial charge in [-0.3, -0.25) is 9.69 Å². The van der Waals surface area contributed by atoms with Crippen molar-refractivity contribution in [2.24, 2.45) is 0 Å². The Hall–Kier alpha value is -1.18. The number of rotatable bonds is 5. The predicted octanol–water partition coefficient (Wildman–Crippen LogP) is 0.778. The van der Waals surface area contributed by atoms with E-state index in [-0.39, 0.29) is 29.8 Å². The van der Waals surface area contributed by atoms with Crippen molar-refractivity contribution in [3.8, 4) is 0 Å². The molecule has 1 amide bonds. The normalized spacial score (nSPS) is 23.6. The zero-order valence-electron chi connectivity index (χ0n) is 12.1. The molecule has 5 nitrogen and oxygen atoms in total. The first kappa shape index (κ1) is 17.2. The number of halogens is 2. The second kappa shape index (κ2) is 6.93. The molecule has 0 radical (unpaired) electrons. The lowest BCUT2D eigenvalue weighted by molar-refractivity contribution is -0.122. The molecule has 1 aliphatic rings. The molecule has 122 valence electrons.